The molecule has 0 saturated heterocycles. The Hall–Kier alpha value is -1.87. The maximum atomic E-state index is 6.08. The molecule has 1 unspecified atom stereocenters. The molecule has 0 fully saturated rings. The van der Waals surface area contributed by atoms with E-state index < -0.39 is 0 Å². The molecule has 0 aliphatic carbocycles. The van der Waals surface area contributed by atoms with Gasteiger partial charge in [-0.15, -0.1) is 11.6 Å². The third-order valence-corrected chi connectivity index (χ3v) is 3.76. The summed E-state index contributed by atoms with van der Waals surface area (Å²) in [4.78, 5) is 9.08. The summed E-state index contributed by atoms with van der Waals surface area (Å²) in [5, 5.41) is 0. The molecule has 1 atom stereocenters. The Bertz CT molecular complexity index is 706. The second-order valence-electron chi connectivity index (χ2n) is 4.71. The van der Waals surface area contributed by atoms with E-state index in [2.05, 4.69) is 45.7 Å². The first kappa shape index (κ1) is 13.1. The molecule has 2 heterocycles. The van der Waals surface area contributed by atoms with E-state index in [1.807, 2.05) is 18.2 Å². The topological polar surface area (TPSA) is 30.7 Å². The van der Waals surface area contributed by atoms with Crippen molar-refractivity contribution in [3.8, 4) is 0 Å². The third kappa shape index (κ3) is 2.18. The monoisotopic (exact) mass is 285 g/mol. The maximum Gasteiger partial charge on any atom is 0.160 e. The van der Waals surface area contributed by atoms with Gasteiger partial charge in [0.05, 0.1) is 11.9 Å². The van der Waals surface area contributed by atoms with E-state index in [1.54, 1.807) is 6.20 Å². The number of benzene rings is 1. The van der Waals surface area contributed by atoms with Gasteiger partial charge in [-0.05, 0) is 24.1 Å². The summed E-state index contributed by atoms with van der Waals surface area (Å²) in [5.74, 6) is 1.26. The number of fused-ring (bicyclic) bond motifs is 1. The van der Waals surface area contributed by atoms with Gasteiger partial charge in [0.25, 0.3) is 0 Å². The van der Waals surface area contributed by atoms with Gasteiger partial charge in [0, 0.05) is 6.20 Å². The van der Waals surface area contributed by atoms with E-state index in [0.29, 0.717) is 5.88 Å². The predicted molar refractivity (Wildman–Crippen MR) is 82.0 cm³/mol. The molecule has 0 radical (unpaired) electrons. The van der Waals surface area contributed by atoms with Crippen molar-refractivity contribution in [1.82, 2.24) is 14.5 Å². The van der Waals surface area contributed by atoms with Crippen LogP contribution in [0.3, 0.4) is 0 Å². The molecule has 0 saturated carbocycles. The Kier molecular flexibility index (Phi) is 3.70. The molecule has 4 heteroatoms. The highest BCUT2D eigenvalue weighted by Gasteiger charge is 2.19. The summed E-state index contributed by atoms with van der Waals surface area (Å²) >= 11 is 6.08. The summed E-state index contributed by atoms with van der Waals surface area (Å²) in [6, 6.07) is 14.5. The van der Waals surface area contributed by atoms with Gasteiger partial charge in [-0.3, -0.25) is 0 Å². The van der Waals surface area contributed by atoms with Gasteiger partial charge in [-0.25, -0.2) is 9.97 Å². The lowest BCUT2D eigenvalue weighted by molar-refractivity contribution is 0.561. The van der Waals surface area contributed by atoms with E-state index in [-0.39, 0.29) is 6.04 Å². The number of nitrogens with zero attached hydrogens (tertiary/aromatic N) is 3. The van der Waals surface area contributed by atoms with Crippen LogP contribution in [0.1, 0.15) is 30.8 Å². The zero-order valence-electron chi connectivity index (χ0n) is 11.3. The number of hydrogen-bond acceptors (Lipinski definition) is 2. The van der Waals surface area contributed by atoms with Gasteiger partial charge in [-0.1, -0.05) is 37.3 Å². The average Bonchev–Trinajstić information content (AvgIpc) is 2.88. The van der Waals surface area contributed by atoms with Gasteiger partial charge in [-0.2, -0.15) is 0 Å². The molecule has 3 nitrogen and oxygen atoms in total. The zero-order valence-corrected chi connectivity index (χ0v) is 12.1. The molecule has 0 aliphatic heterocycles. The minimum absolute atomic E-state index is 0.213. The largest absolute Gasteiger partial charge is 0.304 e. The highest BCUT2D eigenvalue weighted by Crippen LogP contribution is 2.28. The lowest BCUT2D eigenvalue weighted by Gasteiger charge is -2.19. The molecule has 0 amide bonds. The van der Waals surface area contributed by atoms with Crippen LogP contribution >= 0.6 is 11.6 Å². The maximum absolute atomic E-state index is 6.08. The van der Waals surface area contributed by atoms with Gasteiger partial charge in [0.15, 0.2) is 5.65 Å². The third-order valence-electron chi connectivity index (χ3n) is 3.52. The average molecular weight is 286 g/mol. The van der Waals surface area contributed by atoms with Crippen molar-refractivity contribution >= 4 is 22.8 Å². The Morgan fingerprint density at radius 2 is 1.95 bits per heavy atom. The van der Waals surface area contributed by atoms with Crippen LogP contribution in [0.2, 0.25) is 0 Å². The molecule has 102 valence electrons. The Morgan fingerprint density at radius 1 is 1.15 bits per heavy atom. The van der Waals surface area contributed by atoms with Gasteiger partial charge >= 0.3 is 0 Å². The summed E-state index contributed by atoms with van der Waals surface area (Å²) < 4.78 is 2.16. The minimum Gasteiger partial charge on any atom is -0.304 e. The number of halogens is 1. The molecule has 2 aromatic heterocycles. The Balaban J connectivity index is 2.21. The molecule has 0 bridgehead atoms. The van der Waals surface area contributed by atoms with Crippen LogP contribution in [-0.4, -0.2) is 14.5 Å². The first-order valence-electron chi connectivity index (χ1n) is 6.78. The molecular weight excluding hydrogens is 270 g/mol. The van der Waals surface area contributed by atoms with Gasteiger partial charge in [0.2, 0.25) is 0 Å². The molecule has 20 heavy (non-hydrogen) atoms. The standard InChI is InChI=1S/C16H16ClN3/c1-2-14(12-7-4-3-5-8-12)20-15(11-17)19-13-9-6-10-18-16(13)20/h3-10,14H,2,11H2,1H3. The van der Waals surface area contributed by atoms with Crippen molar-refractivity contribution in [2.24, 2.45) is 0 Å². The molecule has 0 aliphatic rings. The predicted octanol–water partition coefficient (Wildman–Crippen LogP) is 4.17. The Morgan fingerprint density at radius 3 is 2.65 bits per heavy atom. The summed E-state index contributed by atoms with van der Waals surface area (Å²) in [6.45, 7) is 2.17. The number of alkyl halides is 1. The van der Waals surface area contributed by atoms with Crippen LogP contribution in [0.4, 0.5) is 0 Å². The number of rotatable bonds is 4. The fourth-order valence-electron chi connectivity index (χ4n) is 2.64. The van der Waals surface area contributed by atoms with Crippen LogP contribution < -0.4 is 0 Å². The normalized spacial score (nSPS) is 12.7. The molecule has 3 aromatic rings. The molecule has 0 N–H and O–H groups in total. The van der Waals surface area contributed by atoms with E-state index in [1.165, 1.54) is 5.56 Å². The minimum atomic E-state index is 0.213. The van der Waals surface area contributed by atoms with Crippen LogP contribution in [0.5, 0.6) is 0 Å². The molecule has 0 spiro atoms. The van der Waals surface area contributed by atoms with Crippen LogP contribution in [-0.2, 0) is 5.88 Å². The lowest BCUT2D eigenvalue weighted by Crippen LogP contribution is -2.13. The van der Waals surface area contributed by atoms with E-state index in [9.17, 15) is 0 Å². The molecular formula is C16H16ClN3. The fraction of sp³-hybridized carbons (Fsp3) is 0.250. The smallest absolute Gasteiger partial charge is 0.160 e. The molecule has 1 aromatic carbocycles. The second-order valence-corrected chi connectivity index (χ2v) is 4.98. The van der Waals surface area contributed by atoms with E-state index >= 15 is 0 Å². The number of aromatic nitrogens is 3. The first-order valence-corrected chi connectivity index (χ1v) is 7.31. The number of pyridine rings is 1. The molecule has 3 rings (SSSR count). The van der Waals surface area contributed by atoms with Crippen molar-refractivity contribution in [2.45, 2.75) is 25.3 Å². The summed E-state index contributed by atoms with van der Waals surface area (Å²) in [5.41, 5.74) is 3.06. The van der Waals surface area contributed by atoms with E-state index in [0.717, 1.165) is 23.4 Å². The lowest BCUT2D eigenvalue weighted by atomic mass is 10.0. The zero-order chi connectivity index (χ0) is 13.9. The first-order chi connectivity index (χ1) is 9.85. The Labute approximate surface area is 123 Å². The van der Waals surface area contributed by atoms with Crippen LogP contribution in [0, 0.1) is 0 Å². The van der Waals surface area contributed by atoms with Crippen molar-refractivity contribution in [1.29, 1.82) is 0 Å². The van der Waals surface area contributed by atoms with Gasteiger partial charge in [0.1, 0.15) is 11.3 Å². The van der Waals surface area contributed by atoms with Crippen molar-refractivity contribution in [3.63, 3.8) is 0 Å². The van der Waals surface area contributed by atoms with Crippen LogP contribution in [0.15, 0.2) is 48.7 Å². The highest BCUT2D eigenvalue weighted by molar-refractivity contribution is 6.16. The van der Waals surface area contributed by atoms with Gasteiger partial charge < -0.3 is 4.57 Å². The quantitative estimate of drug-likeness (QED) is 0.674. The van der Waals surface area contributed by atoms with Crippen molar-refractivity contribution < 1.29 is 0 Å². The SMILES string of the molecule is CCC(c1ccccc1)n1c(CCl)nc2cccnc21. The second kappa shape index (κ2) is 5.63. The number of imidazole rings is 1. The number of hydrogen-bond donors (Lipinski definition) is 0. The van der Waals surface area contributed by atoms with Crippen LogP contribution in [0.25, 0.3) is 11.2 Å². The summed E-state index contributed by atoms with van der Waals surface area (Å²) in [6.07, 6.45) is 2.77. The fourth-order valence-corrected chi connectivity index (χ4v) is 2.83. The van der Waals surface area contributed by atoms with Crippen molar-refractivity contribution in [2.75, 3.05) is 0 Å². The highest BCUT2D eigenvalue weighted by atomic mass is 35.5. The summed E-state index contributed by atoms with van der Waals surface area (Å²) in [7, 11) is 0. The van der Waals surface area contributed by atoms with E-state index in [4.69, 9.17) is 11.6 Å². The van der Waals surface area contributed by atoms with Crippen molar-refractivity contribution in [3.05, 3.63) is 60.0 Å².